The molecule has 0 spiro atoms. The summed E-state index contributed by atoms with van der Waals surface area (Å²) in [6.45, 7) is 12.6. The Kier molecular flexibility index (Phi) is 13.1. The maximum Gasteiger partial charge on any atom is 0.522 e. The summed E-state index contributed by atoms with van der Waals surface area (Å²) in [5, 5.41) is 3.39. The highest BCUT2D eigenvalue weighted by atomic mass is 32.4. The number of nitrogens with zero attached hydrogens (tertiary/aromatic N) is 7. The number of halogens is 1. The number of hydrogen-bond donors (Lipinski definition) is 4. The largest absolute Gasteiger partial charge is 0.522 e. The number of fused-ring (bicyclic) bond motifs is 5. The van der Waals surface area contributed by atoms with Crippen LogP contribution in [0.1, 0.15) is 56.6 Å². The van der Waals surface area contributed by atoms with Gasteiger partial charge >= 0.3 is 15.0 Å². The van der Waals surface area contributed by atoms with Gasteiger partial charge in [-0.15, -0.1) is 20.8 Å². The van der Waals surface area contributed by atoms with Crippen molar-refractivity contribution in [2.45, 2.75) is 100 Å². The molecule has 4 aromatic heterocycles. The lowest BCUT2D eigenvalue weighted by Gasteiger charge is -2.41. The fourth-order valence-electron chi connectivity index (χ4n) is 6.96. The van der Waals surface area contributed by atoms with E-state index < -0.39 is 101 Å². The molecule has 1 aromatic carbocycles. The minimum Gasteiger partial charge on any atom is -0.410 e. The smallest absolute Gasteiger partial charge is 0.410 e. The van der Waals surface area contributed by atoms with Crippen LogP contribution in [-0.4, -0.2) is 113 Å². The summed E-state index contributed by atoms with van der Waals surface area (Å²) >= 11 is 6.90. The summed E-state index contributed by atoms with van der Waals surface area (Å²) < 4.78 is 70.7. The normalized spacial score (nSPS) is 28.7. The molecular weight excluding hydrogens is 934 g/mol. The van der Waals surface area contributed by atoms with Gasteiger partial charge in [0.1, 0.15) is 30.5 Å². The molecule has 0 saturated carbocycles. The summed E-state index contributed by atoms with van der Waals surface area (Å²) in [4.78, 5) is 74.4. The maximum absolute atomic E-state index is 16.7. The first-order chi connectivity index (χ1) is 30.2. The van der Waals surface area contributed by atoms with Crippen LogP contribution in [-0.2, 0) is 48.4 Å². The third-order valence-corrected chi connectivity index (χ3v) is 19.7. The Hall–Kier alpha value is -3.97. The van der Waals surface area contributed by atoms with Crippen LogP contribution in [0.4, 0.5) is 16.2 Å². The molecule has 10 atom stereocenters. The molecule has 3 aliphatic rings. The van der Waals surface area contributed by atoms with Gasteiger partial charge in [-0.2, -0.15) is 4.98 Å². The highest BCUT2D eigenvalue weighted by molar-refractivity contribution is 8.01. The van der Waals surface area contributed by atoms with Gasteiger partial charge in [0.05, 0.1) is 30.6 Å². The van der Waals surface area contributed by atoms with E-state index in [9.17, 15) is 23.8 Å². The SMILES string of the molecule is CC(C)C(=O)Nc1nc2c(ncn2[C@@H]2S[C@@H]3CO[P+](=S)O[C@H]4[C@H](F)[C@H](n5cnc6c(NC(=O)c7ccccc7)ncnc65)O[C@@H]4COP(=O)(O)O[C@@H]2[C@@H]3O[Si](C)(C)C(C)(C)C)c(=O)[nH]1. The Morgan fingerprint density at radius 3 is 2.50 bits per heavy atom. The van der Waals surface area contributed by atoms with Gasteiger partial charge in [-0.05, 0) is 30.3 Å². The molecule has 342 valence electrons. The molecule has 5 aromatic rings. The van der Waals surface area contributed by atoms with Gasteiger partial charge in [-0.1, -0.05) is 52.8 Å². The average Bonchev–Trinajstić information content (AvgIpc) is 4.00. The monoisotopic (exact) mass is 979 g/mol. The number of carbonyl (C=O) groups excluding carboxylic acids is 2. The number of amides is 2. The van der Waals surface area contributed by atoms with Crippen LogP contribution in [0.15, 0.2) is 54.1 Å². The number of thioether (sulfide) groups is 1. The number of benzene rings is 1. The Balaban J connectivity index is 1.10. The number of H-pyrrole nitrogens is 1. The predicted molar refractivity (Wildman–Crippen MR) is 238 cm³/mol. The molecule has 0 aliphatic carbocycles. The van der Waals surface area contributed by atoms with Gasteiger partial charge in [0.2, 0.25) is 23.7 Å². The van der Waals surface area contributed by atoms with E-state index in [-0.39, 0.29) is 45.7 Å². The lowest BCUT2D eigenvalue weighted by Crippen LogP contribution is -2.50. The van der Waals surface area contributed by atoms with Crippen molar-refractivity contribution in [3.05, 3.63) is 65.2 Å². The van der Waals surface area contributed by atoms with E-state index in [1.807, 2.05) is 33.9 Å². The fraction of sp³-hybridized carbons (Fsp3) is 0.514. The number of alkyl halides is 1. The molecule has 3 aliphatic heterocycles. The number of phosphoric acid groups is 1. The summed E-state index contributed by atoms with van der Waals surface area (Å²) in [6, 6.07) is 8.46. The number of carbonyl (C=O) groups is 2. The number of aromatic nitrogens is 8. The molecule has 4 N–H and O–H groups in total. The average molecular weight is 980 g/mol. The molecular formula is C37H46FN10O11P2S2Si+. The van der Waals surface area contributed by atoms with Crippen LogP contribution in [0.3, 0.4) is 0 Å². The van der Waals surface area contributed by atoms with E-state index in [0.717, 1.165) is 0 Å². The molecule has 2 amide bonds. The van der Waals surface area contributed by atoms with Crippen molar-refractivity contribution in [2.75, 3.05) is 23.8 Å². The van der Waals surface area contributed by atoms with Crippen molar-refractivity contribution in [1.82, 2.24) is 39.0 Å². The Morgan fingerprint density at radius 1 is 1.06 bits per heavy atom. The van der Waals surface area contributed by atoms with Crippen LogP contribution in [0.25, 0.3) is 22.3 Å². The highest BCUT2D eigenvalue weighted by Gasteiger charge is 2.57. The highest BCUT2D eigenvalue weighted by Crippen LogP contribution is 2.56. The lowest BCUT2D eigenvalue weighted by molar-refractivity contribution is -0.118. The summed E-state index contributed by atoms with van der Waals surface area (Å²) in [5.41, 5.74) is -0.0169. The summed E-state index contributed by atoms with van der Waals surface area (Å²) in [6.07, 6.45) is -4.65. The molecule has 64 heavy (non-hydrogen) atoms. The number of anilines is 2. The second-order valence-corrected chi connectivity index (χ2v) is 26.4. The van der Waals surface area contributed by atoms with Gasteiger partial charge in [0.15, 0.2) is 55.0 Å². The van der Waals surface area contributed by atoms with E-state index in [2.05, 4.69) is 40.5 Å². The second-order valence-electron chi connectivity index (χ2n) is 17.1. The van der Waals surface area contributed by atoms with Crippen LogP contribution >= 0.6 is 26.7 Å². The Labute approximate surface area is 376 Å². The Bertz CT molecular complexity index is 2710. The predicted octanol–water partition coefficient (Wildman–Crippen LogP) is 5.74. The zero-order valence-electron chi connectivity index (χ0n) is 35.5. The third-order valence-electron chi connectivity index (χ3n) is 11.4. The second kappa shape index (κ2) is 18.0. The molecule has 3 fully saturated rings. The quantitative estimate of drug-likeness (QED) is 0.107. The van der Waals surface area contributed by atoms with E-state index in [1.54, 1.807) is 44.2 Å². The van der Waals surface area contributed by atoms with E-state index in [1.165, 1.54) is 39.9 Å². The first-order valence-electron chi connectivity index (χ1n) is 20.1. The number of rotatable bonds is 8. The van der Waals surface area contributed by atoms with Gasteiger partial charge < -0.3 is 19.4 Å². The van der Waals surface area contributed by atoms with Gasteiger partial charge in [0, 0.05) is 11.5 Å². The minimum absolute atomic E-state index is 0.0513. The molecule has 2 bridgehead atoms. The fourth-order valence-corrected chi connectivity index (χ4v) is 12.3. The van der Waals surface area contributed by atoms with Crippen LogP contribution in [0.5, 0.6) is 0 Å². The van der Waals surface area contributed by atoms with Gasteiger partial charge in [-0.3, -0.25) is 42.9 Å². The van der Waals surface area contributed by atoms with Crippen molar-refractivity contribution in [3.63, 3.8) is 0 Å². The Morgan fingerprint density at radius 2 is 1.78 bits per heavy atom. The van der Waals surface area contributed by atoms with E-state index >= 15 is 4.39 Å². The van der Waals surface area contributed by atoms with Gasteiger partial charge in [0.25, 0.3) is 11.5 Å². The number of imidazole rings is 2. The van der Waals surface area contributed by atoms with Crippen molar-refractivity contribution in [2.24, 2.45) is 5.92 Å². The number of phosphoric ester groups is 1. The van der Waals surface area contributed by atoms with Crippen LogP contribution in [0, 0.1) is 5.92 Å². The number of hydrogen-bond acceptors (Lipinski definition) is 17. The first kappa shape index (κ1) is 46.6. The third kappa shape index (κ3) is 9.36. The molecule has 8 rings (SSSR count). The lowest BCUT2D eigenvalue weighted by atomic mass is 10.1. The number of nitrogens with one attached hydrogen (secondary N) is 3. The van der Waals surface area contributed by atoms with Crippen molar-refractivity contribution < 1.29 is 50.7 Å². The number of ether oxygens (including phenoxy) is 1. The topological polar surface area (TPSA) is 258 Å². The molecule has 0 radical (unpaired) electrons. The zero-order chi connectivity index (χ0) is 45.9. The van der Waals surface area contributed by atoms with E-state index in [4.69, 9.17) is 39.1 Å². The maximum atomic E-state index is 16.7. The van der Waals surface area contributed by atoms with Gasteiger partial charge in [-0.25, -0.2) is 28.9 Å². The minimum atomic E-state index is -5.10. The standard InChI is InChI=1S/C37H45FN10O11P2S2Si/c1-18(2)31(49)45-36-44-30-24(33(51)46-36)42-17-48(30)35-27-26(59-64(6,7)37(3,4)5)21(63-35)14-54-60(62)57-25-20(13-55-61(52,53)58-27)56-34(22(25)38)47-16-41-23-28(39-15-40-29(23)47)43-32(50)19-11-9-8-10-12-19/h8-12,15-18,20-22,25-27,34-35H,13-14H2,1-7H3,(H3-,39,40,43,44,45,46,49,50,51,52,53)/p+1/t20-,21-,22+,25-,26-,27-,34-,35-/m1/s1. The molecule has 2 unspecified atom stereocenters. The number of aromatic amines is 1. The first-order valence-corrected chi connectivity index (χ1v) is 27.6. The van der Waals surface area contributed by atoms with Crippen molar-refractivity contribution in [1.29, 1.82) is 0 Å². The van der Waals surface area contributed by atoms with Crippen molar-refractivity contribution in [3.8, 4) is 0 Å². The van der Waals surface area contributed by atoms with Crippen LogP contribution in [0.2, 0.25) is 18.1 Å². The van der Waals surface area contributed by atoms with E-state index in [0.29, 0.717) is 5.56 Å². The molecule has 3 saturated heterocycles. The van der Waals surface area contributed by atoms with Crippen molar-refractivity contribution >= 4 is 92.8 Å². The molecule has 21 nitrogen and oxygen atoms in total. The summed E-state index contributed by atoms with van der Waals surface area (Å²) in [5.74, 6) is -1.32. The molecule has 7 heterocycles. The van der Waals surface area contributed by atoms with Crippen LogP contribution < -0.4 is 16.2 Å². The zero-order valence-corrected chi connectivity index (χ0v) is 39.9. The summed E-state index contributed by atoms with van der Waals surface area (Å²) in [7, 11) is -10.0. The molecule has 27 heteroatoms.